The average molecular weight is 580 g/mol. The Labute approximate surface area is 247 Å². The number of amides is 1. The lowest BCUT2D eigenvalue weighted by atomic mass is 10.0. The topological polar surface area (TPSA) is 109 Å². The molecule has 0 bridgehead atoms. The Morgan fingerprint density at radius 3 is 2.30 bits per heavy atom. The summed E-state index contributed by atoms with van der Waals surface area (Å²) in [6, 6.07) is 22.8. The molecule has 2 N–H and O–H groups in total. The SMILES string of the molecule is CCOc1cc(C(=O)N2CC(O)C2)ccc1Nc1nc2ccc(-c3ccc(CC(=O)Cc4ccc(F)cc4)cc3)cn2n1. The van der Waals surface area contributed by atoms with Crippen molar-refractivity contribution in [1.82, 2.24) is 19.5 Å². The number of fused-ring (bicyclic) bond motifs is 1. The lowest BCUT2D eigenvalue weighted by Crippen LogP contribution is -2.53. The van der Waals surface area contributed by atoms with Crippen molar-refractivity contribution in [1.29, 1.82) is 0 Å². The van der Waals surface area contributed by atoms with Crippen molar-refractivity contribution in [3.63, 3.8) is 0 Å². The van der Waals surface area contributed by atoms with Gasteiger partial charge in [-0.3, -0.25) is 9.59 Å². The molecule has 0 radical (unpaired) electrons. The van der Waals surface area contributed by atoms with E-state index in [-0.39, 0.29) is 23.9 Å². The van der Waals surface area contributed by atoms with Crippen molar-refractivity contribution in [3.05, 3.63) is 108 Å². The maximum absolute atomic E-state index is 13.1. The summed E-state index contributed by atoms with van der Waals surface area (Å²) < 4.78 is 20.6. The van der Waals surface area contributed by atoms with E-state index in [0.717, 1.165) is 22.3 Å². The molecule has 9 nitrogen and oxygen atoms in total. The van der Waals surface area contributed by atoms with Crippen molar-refractivity contribution in [2.75, 3.05) is 25.0 Å². The van der Waals surface area contributed by atoms with Gasteiger partial charge in [-0.1, -0.05) is 36.4 Å². The zero-order valence-electron chi connectivity index (χ0n) is 23.5. The summed E-state index contributed by atoms with van der Waals surface area (Å²) >= 11 is 0. The Kier molecular flexibility index (Phi) is 7.84. The van der Waals surface area contributed by atoms with Crippen LogP contribution in [-0.2, 0) is 17.6 Å². The van der Waals surface area contributed by atoms with Crippen LogP contribution in [-0.4, -0.2) is 62.1 Å². The maximum Gasteiger partial charge on any atom is 0.254 e. The Balaban J connectivity index is 1.14. The van der Waals surface area contributed by atoms with Gasteiger partial charge in [0.05, 0.1) is 18.4 Å². The molecule has 218 valence electrons. The first-order chi connectivity index (χ1) is 20.8. The minimum Gasteiger partial charge on any atom is -0.492 e. The van der Waals surface area contributed by atoms with E-state index in [2.05, 4.69) is 15.4 Å². The lowest BCUT2D eigenvalue weighted by Gasteiger charge is -2.35. The van der Waals surface area contributed by atoms with Gasteiger partial charge in [-0.2, -0.15) is 4.98 Å². The van der Waals surface area contributed by atoms with Gasteiger partial charge >= 0.3 is 0 Å². The first-order valence-corrected chi connectivity index (χ1v) is 14.1. The normalized spacial score (nSPS) is 13.1. The molecule has 1 aliphatic rings. The number of carbonyl (C=O) groups is 2. The highest BCUT2D eigenvalue weighted by atomic mass is 19.1. The minimum absolute atomic E-state index is 0.0631. The number of hydrogen-bond donors (Lipinski definition) is 2. The number of aliphatic hydroxyl groups excluding tert-OH is 1. The second-order valence-corrected chi connectivity index (χ2v) is 10.5. The summed E-state index contributed by atoms with van der Waals surface area (Å²) in [6.07, 6.45) is 1.98. The van der Waals surface area contributed by atoms with E-state index in [9.17, 15) is 19.1 Å². The number of aromatic nitrogens is 3. The molecule has 0 atom stereocenters. The van der Waals surface area contributed by atoms with Gasteiger partial charge in [0.15, 0.2) is 5.65 Å². The van der Waals surface area contributed by atoms with Crippen LogP contribution >= 0.6 is 0 Å². The van der Waals surface area contributed by atoms with Gasteiger partial charge < -0.3 is 20.1 Å². The molecule has 1 fully saturated rings. The molecular formula is C33H30FN5O4. The van der Waals surface area contributed by atoms with Crippen LogP contribution in [0.25, 0.3) is 16.8 Å². The van der Waals surface area contributed by atoms with Gasteiger partial charge in [0.2, 0.25) is 5.95 Å². The predicted molar refractivity (Wildman–Crippen MR) is 160 cm³/mol. The number of Topliss-reactive ketones (excluding diaryl/α,β-unsaturated/α-hetero) is 1. The minimum atomic E-state index is -0.465. The zero-order chi connectivity index (χ0) is 29.9. The van der Waals surface area contributed by atoms with Gasteiger partial charge in [0, 0.05) is 43.3 Å². The smallest absolute Gasteiger partial charge is 0.254 e. The van der Waals surface area contributed by atoms with E-state index >= 15 is 0 Å². The number of anilines is 2. The van der Waals surface area contributed by atoms with E-state index in [1.54, 1.807) is 39.7 Å². The molecular weight excluding hydrogens is 549 g/mol. The molecule has 43 heavy (non-hydrogen) atoms. The number of ether oxygens (including phenoxy) is 1. The number of ketones is 1. The van der Waals surface area contributed by atoms with Crippen LogP contribution in [0.15, 0.2) is 85.1 Å². The molecule has 1 amide bonds. The van der Waals surface area contributed by atoms with Crippen LogP contribution in [0.1, 0.15) is 28.4 Å². The molecule has 0 aliphatic carbocycles. The van der Waals surface area contributed by atoms with Crippen LogP contribution in [0.4, 0.5) is 16.0 Å². The lowest BCUT2D eigenvalue weighted by molar-refractivity contribution is -0.117. The number of β-amino-alcohol motifs (C(OH)–C–C–N with tert-alkyl or cyclic N) is 1. The average Bonchev–Trinajstić information content (AvgIpc) is 3.39. The molecule has 0 spiro atoms. The highest BCUT2D eigenvalue weighted by Gasteiger charge is 2.30. The fourth-order valence-corrected chi connectivity index (χ4v) is 5.00. The summed E-state index contributed by atoms with van der Waals surface area (Å²) in [5.74, 6) is 0.473. The van der Waals surface area contributed by atoms with Crippen molar-refractivity contribution < 1.29 is 23.8 Å². The van der Waals surface area contributed by atoms with Gasteiger partial charge in [-0.15, -0.1) is 5.10 Å². The number of rotatable bonds is 10. The third-order valence-electron chi connectivity index (χ3n) is 7.26. The number of benzene rings is 3. The molecule has 5 aromatic rings. The summed E-state index contributed by atoms with van der Waals surface area (Å²) in [6.45, 7) is 2.95. The van der Waals surface area contributed by atoms with Crippen LogP contribution < -0.4 is 10.1 Å². The summed E-state index contributed by atoms with van der Waals surface area (Å²) in [7, 11) is 0. The number of nitrogens with one attached hydrogen (secondary N) is 1. The third-order valence-corrected chi connectivity index (χ3v) is 7.26. The van der Waals surface area contributed by atoms with Crippen molar-refractivity contribution in [2.24, 2.45) is 0 Å². The third kappa shape index (κ3) is 6.39. The molecule has 1 saturated heterocycles. The van der Waals surface area contributed by atoms with Crippen LogP contribution in [0.2, 0.25) is 0 Å². The highest BCUT2D eigenvalue weighted by Crippen LogP contribution is 2.30. The first-order valence-electron chi connectivity index (χ1n) is 14.1. The molecule has 1 aliphatic heterocycles. The molecule has 6 rings (SSSR count). The Bertz CT molecular complexity index is 1780. The van der Waals surface area contributed by atoms with E-state index < -0.39 is 6.10 Å². The number of pyridine rings is 1. The van der Waals surface area contributed by atoms with E-state index in [1.165, 1.54) is 12.1 Å². The first kappa shape index (κ1) is 28.0. The maximum atomic E-state index is 13.1. The molecule has 0 unspecified atom stereocenters. The standard InChI is InChI=1S/C33H30FN5O4/c1-2-43-30-17-24(32(42)38-19-28(41)20-38)9-13-29(30)35-33-36-31-14-10-25(18-39(31)37-33)23-7-3-21(4-8-23)15-27(40)16-22-5-11-26(34)12-6-22/h3-14,17-18,28,41H,2,15-16,19-20H2,1H3,(H,35,37). The fraction of sp³-hybridized carbons (Fsp3) is 0.212. The quantitative estimate of drug-likeness (QED) is 0.244. The van der Waals surface area contributed by atoms with Crippen molar-refractivity contribution >= 4 is 29.0 Å². The molecule has 0 saturated carbocycles. The number of halogens is 1. The van der Waals surface area contributed by atoms with Crippen LogP contribution in [0.3, 0.4) is 0 Å². The monoisotopic (exact) mass is 579 g/mol. The van der Waals surface area contributed by atoms with Gasteiger partial charge in [0.1, 0.15) is 17.3 Å². The van der Waals surface area contributed by atoms with Crippen LogP contribution in [0.5, 0.6) is 5.75 Å². The Hall–Kier alpha value is -5.09. The van der Waals surface area contributed by atoms with Gasteiger partial charge in [-0.25, -0.2) is 8.91 Å². The summed E-state index contributed by atoms with van der Waals surface area (Å²) in [5.41, 5.74) is 5.36. The Morgan fingerprint density at radius 2 is 1.63 bits per heavy atom. The number of hydrogen-bond acceptors (Lipinski definition) is 7. The van der Waals surface area contributed by atoms with Gasteiger partial charge in [0.25, 0.3) is 5.91 Å². The van der Waals surface area contributed by atoms with Gasteiger partial charge in [-0.05, 0) is 66.1 Å². The van der Waals surface area contributed by atoms with Crippen molar-refractivity contribution in [2.45, 2.75) is 25.9 Å². The summed E-state index contributed by atoms with van der Waals surface area (Å²) in [4.78, 5) is 31.4. The van der Waals surface area contributed by atoms with Crippen molar-refractivity contribution in [3.8, 4) is 16.9 Å². The van der Waals surface area contributed by atoms with E-state index in [4.69, 9.17) is 4.74 Å². The molecule has 2 aromatic heterocycles. The van der Waals surface area contributed by atoms with E-state index in [0.29, 0.717) is 54.7 Å². The largest absolute Gasteiger partial charge is 0.492 e. The number of nitrogens with zero attached hydrogens (tertiary/aromatic N) is 4. The molecule has 3 heterocycles. The number of carbonyl (C=O) groups excluding carboxylic acids is 2. The number of aliphatic hydroxyl groups is 1. The molecule has 3 aromatic carbocycles. The number of likely N-dealkylation sites (tertiary alicyclic amines) is 1. The fourth-order valence-electron chi connectivity index (χ4n) is 5.00. The zero-order valence-corrected chi connectivity index (χ0v) is 23.5. The molecule has 10 heteroatoms. The second kappa shape index (κ2) is 12.0. The highest BCUT2D eigenvalue weighted by molar-refractivity contribution is 5.96. The Morgan fingerprint density at radius 1 is 0.953 bits per heavy atom. The van der Waals surface area contributed by atoms with Crippen LogP contribution in [0, 0.1) is 5.82 Å². The van der Waals surface area contributed by atoms with E-state index in [1.807, 2.05) is 49.5 Å². The summed E-state index contributed by atoms with van der Waals surface area (Å²) in [5, 5.41) is 17.3. The second-order valence-electron chi connectivity index (χ2n) is 10.5. The predicted octanol–water partition coefficient (Wildman–Crippen LogP) is 4.85.